The van der Waals surface area contributed by atoms with Crippen LogP contribution in [0.15, 0.2) is 60.7 Å². The Morgan fingerprint density at radius 2 is 1.73 bits per heavy atom. The highest BCUT2D eigenvalue weighted by molar-refractivity contribution is 5.48. The van der Waals surface area contributed by atoms with Crippen molar-refractivity contribution in [1.29, 1.82) is 0 Å². The molecule has 0 aliphatic carbocycles. The van der Waals surface area contributed by atoms with Gasteiger partial charge in [-0.1, -0.05) is 54.6 Å². The SMILES string of the molecule is OCCCN(CC=Cc1ccccc1)Cc1ccc(F)cc1. The van der Waals surface area contributed by atoms with Crippen LogP contribution >= 0.6 is 0 Å². The van der Waals surface area contributed by atoms with Gasteiger partial charge in [0.1, 0.15) is 5.82 Å². The maximum atomic E-state index is 13.0. The summed E-state index contributed by atoms with van der Waals surface area (Å²) in [6.07, 6.45) is 4.95. The van der Waals surface area contributed by atoms with Gasteiger partial charge in [0, 0.05) is 26.2 Å². The second kappa shape index (κ2) is 9.13. The highest BCUT2D eigenvalue weighted by Crippen LogP contribution is 2.08. The van der Waals surface area contributed by atoms with Crippen molar-refractivity contribution in [2.24, 2.45) is 0 Å². The Kier molecular flexibility index (Phi) is 6.81. The molecule has 0 atom stereocenters. The number of benzene rings is 2. The summed E-state index contributed by atoms with van der Waals surface area (Å²) >= 11 is 0. The van der Waals surface area contributed by atoms with Gasteiger partial charge in [0.15, 0.2) is 0 Å². The third-order valence-electron chi connectivity index (χ3n) is 3.43. The summed E-state index contributed by atoms with van der Waals surface area (Å²) in [5, 5.41) is 9.03. The first-order chi connectivity index (χ1) is 10.8. The third-order valence-corrected chi connectivity index (χ3v) is 3.43. The number of aliphatic hydroxyl groups is 1. The number of hydrogen-bond donors (Lipinski definition) is 1. The smallest absolute Gasteiger partial charge is 0.123 e. The highest BCUT2D eigenvalue weighted by Gasteiger charge is 2.04. The lowest BCUT2D eigenvalue weighted by Gasteiger charge is -2.20. The van der Waals surface area contributed by atoms with Gasteiger partial charge in [0.05, 0.1) is 0 Å². The lowest BCUT2D eigenvalue weighted by Crippen LogP contribution is -2.25. The van der Waals surface area contributed by atoms with E-state index in [9.17, 15) is 4.39 Å². The summed E-state index contributed by atoms with van der Waals surface area (Å²) in [4.78, 5) is 2.24. The molecular formula is C19H22FNO. The molecule has 0 bridgehead atoms. The summed E-state index contributed by atoms with van der Waals surface area (Å²) in [6.45, 7) is 2.54. The summed E-state index contributed by atoms with van der Waals surface area (Å²) in [5.74, 6) is -0.213. The van der Waals surface area contributed by atoms with Gasteiger partial charge in [0.2, 0.25) is 0 Å². The molecule has 116 valence electrons. The Balaban J connectivity index is 1.93. The van der Waals surface area contributed by atoms with E-state index < -0.39 is 0 Å². The van der Waals surface area contributed by atoms with E-state index in [0.29, 0.717) is 0 Å². The van der Waals surface area contributed by atoms with Crippen molar-refractivity contribution in [2.75, 3.05) is 19.7 Å². The van der Waals surface area contributed by atoms with Crippen LogP contribution in [-0.4, -0.2) is 29.7 Å². The van der Waals surface area contributed by atoms with Gasteiger partial charge in [0.25, 0.3) is 0 Å². The van der Waals surface area contributed by atoms with Crippen molar-refractivity contribution in [1.82, 2.24) is 4.90 Å². The maximum Gasteiger partial charge on any atom is 0.123 e. The van der Waals surface area contributed by atoms with Crippen LogP contribution in [0.4, 0.5) is 4.39 Å². The summed E-state index contributed by atoms with van der Waals surface area (Å²) in [6, 6.07) is 16.7. The second-order valence-electron chi connectivity index (χ2n) is 5.25. The van der Waals surface area contributed by atoms with Crippen LogP contribution in [-0.2, 0) is 6.54 Å². The lowest BCUT2D eigenvalue weighted by atomic mass is 10.2. The van der Waals surface area contributed by atoms with Crippen molar-refractivity contribution in [3.8, 4) is 0 Å². The fraction of sp³-hybridized carbons (Fsp3) is 0.263. The monoisotopic (exact) mass is 299 g/mol. The summed E-state index contributed by atoms with van der Waals surface area (Å²) in [5.41, 5.74) is 2.25. The standard InChI is InChI=1S/C19H22FNO/c20-19-11-9-18(10-12-19)16-21(14-5-15-22)13-4-8-17-6-2-1-3-7-17/h1-4,6-12,22H,5,13-16H2. The van der Waals surface area contributed by atoms with Gasteiger partial charge in [-0.3, -0.25) is 4.90 Å². The lowest BCUT2D eigenvalue weighted by molar-refractivity contribution is 0.232. The first kappa shape index (κ1) is 16.4. The molecule has 2 aromatic carbocycles. The largest absolute Gasteiger partial charge is 0.396 e. The fourth-order valence-corrected chi connectivity index (χ4v) is 2.28. The van der Waals surface area contributed by atoms with Crippen LogP contribution in [0.3, 0.4) is 0 Å². The van der Waals surface area contributed by atoms with Crippen molar-refractivity contribution >= 4 is 6.08 Å². The Bertz CT molecular complexity index is 566. The van der Waals surface area contributed by atoms with Crippen LogP contribution in [0.5, 0.6) is 0 Å². The van der Waals surface area contributed by atoms with Crippen LogP contribution < -0.4 is 0 Å². The molecule has 0 aromatic heterocycles. The quantitative estimate of drug-likeness (QED) is 0.803. The Morgan fingerprint density at radius 1 is 1.00 bits per heavy atom. The zero-order chi connectivity index (χ0) is 15.6. The maximum absolute atomic E-state index is 13.0. The Hall–Kier alpha value is -1.97. The molecule has 22 heavy (non-hydrogen) atoms. The second-order valence-corrected chi connectivity index (χ2v) is 5.25. The fourth-order valence-electron chi connectivity index (χ4n) is 2.28. The molecule has 3 heteroatoms. The van der Waals surface area contributed by atoms with Crippen molar-refractivity contribution < 1.29 is 9.50 Å². The zero-order valence-electron chi connectivity index (χ0n) is 12.7. The van der Waals surface area contributed by atoms with E-state index in [1.807, 2.05) is 30.3 Å². The average molecular weight is 299 g/mol. The van der Waals surface area contributed by atoms with Crippen LogP contribution in [0, 0.1) is 5.82 Å². The zero-order valence-corrected chi connectivity index (χ0v) is 12.7. The average Bonchev–Trinajstić information content (AvgIpc) is 2.55. The van der Waals surface area contributed by atoms with Gasteiger partial charge < -0.3 is 5.11 Å². The molecule has 0 aliphatic rings. The molecule has 0 heterocycles. The summed E-state index contributed by atoms with van der Waals surface area (Å²) in [7, 11) is 0. The first-order valence-electron chi connectivity index (χ1n) is 7.57. The molecule has 2 nitrogen and oxygen atoms in total. The van der Waals surface area contributed by atoms with Gasteiger partial charge in [-0.05, 0) is 29.7 Å². The van der Waals surface area contributed by atoms with E-state index in [0.717, 1.165) is 31.6 Å². The highest BCUT2D eigenvalue weighted by atomic mass is 19.1. The Labute approximate surface area is 131 Å². The molecule has 0 unspecified atom stereocenters. The molecule has 2 rings (SSSR count). The van der Waals surface area contributed by atoms with E-state index >= 15 is 0 Å². The molecule has 0 amide bonds. The molecule has 0 aliphatic heterocycles. The minimum Gasteiger partial charge on any atom is -0.396 e. The number of rotatable bonds is 8. The van der Waals surface area contributed by atoms with Crippen molar-refractivity contribution in [3.05, 3.63) is 77.6 Å². The number of hydrogen-bond acceptors (Lipinski definition) is 2. The van der Waals surface area contributed by atoms with E-state index in [2.05, 4.69) is 29.2 Å². The normalized spacial score (nSPS) is 11.4. The molecule has 0 fully saturated rings. The van der Waals surface area contributed by atoms with Crippen LogP contribution in [0.2, 0.25) is 0 Å². The molecule has 2 aromatic rings. The molecule has 0 saturated carbocycles. The van der Waals surface area contributed by atoms with Crippen LogP contribution in [0.25, 0.3) is 6.08 Å². The van der Waals surface area contributed by atoms with Gasteiger partial charge >= 0.3 is 0 Å². The van der Waals surface area contributed by atoms with Crippen molar-refractivity contribution in [3.63, 3.8) is 0 Å². The Morgan fingerprint density at radius 3 is 2.41 bits per heavy atom. The predicted molar refractivity (Wildman–Crippen MR) is 88.9 cm³/mol. The predicted octanol–water partition coefficient (Wildman–Crippen LogP) is 3.72. The molecule has 0 spiro atoms. The van der Waals surface area contributed by atoms with E-state index in [4.69, 9.17) is 5.11 Å². The van der Waals surface area contributed by atoms with Gasteiger partial charge in [-0.15, -0.1) is 0 Å². The van der Waals surface area contributed by atoms with Crippen LogP contribution in [0.1, 0.15) is 17.5 Å². The van der Waals surface area contributed by atoms with E-state index in [1.54, 1.807) is 0 Å². The number of nitrogens with zero attached hydrogens (tertiary/aromatic N) is 1. The van der Waals surface area contributed by atoms with Gasteiger partial charge in [-0.25, -0.2) is 4.39 Å². The summed E-state index contributed by atoms with van der Waals surface area (Å²) < 4.78 is 13.0. The first-order valence-corrected chi connectivity index (χ1v) is 7.57. The molecule has 0 radical (unpaired) electrons. The topological polar surface area (TPSA) is 23.5 Å². The number of aliphatic hydroxyl groups excluding tert-OH is 1. The van der Waals surface area contributed by atoms with E-state index in [1.165, 1.54) is 17.7 Å². The van der Waals surface area contributed by atoms with Crippen molar-refractivity contribution in [2.45, 2.75) is 13.0 Å². The third kappa shape index (κ3) is 5.80. The molecular weight excluding hydrogens is 277 g/mol. The molecule has 1 N–H and O–H groups in total. The minimum atomic E-state index is -0.213. The minimum absolute atomic E-state index is 0.183. The molecule has 0 saturated heterocycles. The van der Waals surface area contributed by atoms with Gasteiger partial charge in [-0.2, -0.15) is 0 Å². The van der Waals surface area contributed by atoms with E-state index in [-0.39, 0.29) is 12.4 Å². The number of halogens is 1.